The van der Waals surface area contributed by atoms with E-state index in [0.29, 0.717) is 52.5 Å². The van der Waals surface area contributed by atoms with Crippen LogP contribution < -0.4 is 0 Å². The normalized spacial score (nSPS) is 15.5. The summed E-state index contributed by atoms with van der Waals surface area (Å²) in [5.74, 6) is -2.88. The highest BCUT2D eigenvalue weighted by Crippen LogP contribution is 2.34. The molecule has 0 spiro atoms. The van der Waals surface area contributed by atoms with Gasteiger partial charge in [-0.05, 0) is 29.8 Å². The summed E-state index contributed by atoms with van der Waals surface area (Å²) in [6.45, 7) is 0.301. The second-order valence-electron chi connectivity index (χ2n) is 9.54. The summed E-state index contributed by atoms with van der Waals surface area (Å²) in [4.78, 5) is 27.0. The summed E-state index contributed by atoms with van der Waals surface area (Å²) in [5, 5.41) is 7.26. The number of rotatable bonds is 5. The van der Waals surface area contributed by atoms with Crippen molar-refractivity contribution in [3.8, 4) is 34.0 Å². The number of nitrogens with one attached hydrogen (secondary N) is 2. The molecule has 0 bridgehead atoms. The van der Waals surface area contributed by atoms with E-state index in [-0.39, 0.29) is 35.3 Å². The molecule has 12 heteroatoms. The van der Waals surface area contributed by atoms with Crippen molar-refractivity contribution in [2.75, 3.05) is 13.1 Å². The molecule has 7 rings (SSSR count). The zero-order valence-corrected chi connectivity index (χ0v) is 20.4. The Hall–Kier alpha value is -4.71. The average molecular weight is 528 g/mol. The molecule has 194 valence electrons. The molecule has 9 nitrogen and oxygen atoms in total. The Balaban J connectivity index is 1.28. The van der Waals surface area contributed by atoms with Gasteiger partial charge in [-0.1, -0.05) is 6.07 Å². The molecule has 0 saturated carbocycles. The Labute approximate surface area is 219 Å². The molecule has 1 saturated heterocycles. The zero-order chi connectivity index (χ0) is 26.6. The van der Waals surface area contributed by atoms with Gasteiger partial charge in [-0.2, -0.15) is 5.10 Å². The highest BCUT2D eigenvalue weighted by Gasteiger charge is 2.38. The lowest BCUT2D eigenvalue weighted by Crippen LogP contribution is -2.24. The van der Waals surface area contributed by atoms with Crippen LogP contribution in [0.1, 0.15) is 12.0 Å². The van der Waals surface area contributed by atoms with Crippen LogP contribution in [0.2, 0.25) is 0 Å². The molecule has 0 aromatic carbocycles. The van der Waals surface area contributed by atoms with E-state index in [4.69, 9.17) is 4.98 Å². The number of likely N-dealkylation sites (tertiary alicyclic amines) is 1. The van der Waals surface area contributed by atoms with Gasteiger partial charge in [0.2, 0.25) is 0 Å². The number of hydrogen-bond acceptors (Lipinski definition) is 7. The number of halogens is 3. The number of pyridine rings is 4. The van der Waals surface area contributed by atoms with Gasteiger partial charge in [0, 0.05) is 61.6 Å². The molecule has 0 atom stereocenters. The molecule has 0 unspecified atom stereocenters. The number of hydrogen-bond donors (Lipinski definition) is 2. The third-order valence-electron chi connectivity index (χ3n) is 6.82. The average Bonchev–Trinajstić information content (AvgIpc) is 3.65. The van der Waals surface area contributed by atoms with Crippen molar-refractivity contribution in [1.82, 2.24) is 45.0 Å². The maximum atomic E-state index is 16.1. The maximum Gasteiger partial charge on any atom is 0.261 e. The molecule has 1 fully saturated rings. The topological polar surface area (TPSA) is 112 Å². The Kier molecular flexibility index (Phi) is 5.37. The molecule has 0 radical (unpaired) electrons. The summed E-state index contributed by atoms with van der Waals surface area (Å²) in [5.41, 5.74) is 4.48. The SMILES string of the molecule is Fc1c(-c2cncc(CN3CCC(F)(F)C3)c2)cnc2[nH]nc(-c3nc4c(-c5ccccn5)nccc4[nH]3)c12. The smallest absolute Gasteiger partial charge is 0.261 e. The van der Waals surface area contributed by atoms with E-state index in [1.165, 1.54) is 12.4 Å². The highest BCUT2D eigenvalue weighted by molar-refractivity contribution is 5.96. The minimum absolute atomic E-state index is 0.167. The van der Waals surface area contributed by atoms with Crippen LogP contribution in [0.3, 0.4) is 0 Å². The van der Waals surface area contributed by atoms with Crippen molar-refractivity contribution in [3.05, 3.63) is 72.7 Å². The van der Waals surface area contributed by atoms with Gasteiger partial charge in [0.15, 0.2) is 11.5 Å². The van der Waals surface area contributed by atoms with Gasteiger partial charge < -0.3 is 4.98 Å². The highest BCUT2D eigenvalue weighted by atomic mass is 19.3. The molecule has 6 aromatic rings. The van der Waals surface area contributed by atoms with E-state index in [9.17, 15) is 8.78 Å². The van der Waals surface area contributed by atoms with Crippen LogP contribution in [0.15, 0.2) is 61.3 Å². The molecular weight excluding hydrogens is 507 g/mol. The van der Waals surface area contributed by atoms with Gasteiger partial charge >= 0.3 is 0 Å². The molecule has 39 heavy (non-hydrogen) atoms. The number of aromatic amines is 2. The van der Waals surface area contributed by atoms with E-state index in [2.05, 4.69) is 35.1 Å². The molecule has 2 N–H and O–H groups in total. The number of fused-ring (bicyclic) bond motifs is 2. The molecule has 0 aliphatic carbocycles. The molecule has 1 aliphatic heterocycles. The second-order valence-corrected chi connectivity index (χ2v) is 9.54. The van der Waals surface area contributed by atoms with Crippen molar-refractivity contribution in [1.29, 1.82) is 0 Å². The lowest BCUT2D eigenvalue weighted by atomic mass is 10.0. The summed E-state index contributed by atoms with van der Waals surface area (Å²) in [7, 11) is 0. The molecule has 7 heterocycles. The molecule has 1 aliphatic rings. The lowest BCUT2D eigenvalue weighted by molar-refractivity contribution is 0.0115. The molecule has 0 amide bonds. The van der Waals surface area contributed by atoms with Crippen LogP contribution in [-0.2, 0) is 6.54 Å². The number of alkyl halides is 2. The minimum atomic E-state index is -2.69. The zero-order valence-electron chi connectivity index (χ0n) is 20.4. The van der Waals surface area contributed by atoms with Gasteiger partial charge in [0.05, 0.1) is 23.1 Å². The van der Waals surface area contributed by atoms with Crippen LogP contribution in [0.4, 0.5) is 13.2 Å². The van der Waals surface area contributed by atoms with Crippen LogP contribution >= 0.6 is 0 Å². The van der Waals surface area contributed by atoms with E-state index in [1.54, 1.807) is 35.6 Å². The summed E-state index contributed by atoms with van der Waals surface area (Å²) in [6.07, 6.45) is 7.71. The fourth-order valence-electron chi connectivity index (χ4n) is 4.99. The largest absolute Gasteiger partial charge is 0.336 e. The van der Waals surface area contributed by atoms with E-state index in [1.807, 2.05) is 18.2 Å². The maximum absolute atomic E-state index is 16.1. The number of aromatic nitrogens is 8. The van der Waals surface area contributed by atoms with E-state index < -0.39 is 11.7 Å². The van der Waals surface area contributed by atoms with Gasteiger partial charge in [-0.25, -0.2) is 23.1 Å². The lowest BCUT2D eigenvalue weighted by Gasteiger charge is -2.15. The minimum Gasteiger partial charge on any atom is -0.336 e. The fourth-order valence-corrected chi connectivity index (χ4v) is 4.99. The van der Waals surface area contributed by atoms with Crippen LogP contribution in [0.25, 0.3) is 56.1 Å². The van der Waals surface area contributed by atoms with Gasteiger partial charge in [0.25, 0.3) is 5.92 Å². The van der Waals surface area contributed by atoms with E-state index in [0.717, 1.165) is 0 Å². The molecule has 6 aromatic heterocycles. The fraction of sp³-hybridized carbons (Fsp3) is 0.185. The third kappa shape index (κ3) is 4.18. The summed E-state index contributed by atoms with van der Waals surface area (Å²) < 4.78 is 43.3. The number of imidazole rings is 1. The van der Waals surface area contributed by atoms with Crippen molar-refractivity contribution in [2.24, 2.45) is 0 Å². The van der Waals surface area contributed by atoms with Crippen molar-refractivity contribution >= 4 is 22.1 Å². The summed E-state index contributed by atoms with van der Waals surface area (Å²) >= 11 is 0. The number of H-pyrrole nitrogens is 2. The first-order chi connectivity index (χ1) is 18.9. The van der Waals surface area contributed by atoms with Crippen LogP contribution in [0, 0.1) is 5.82 Å². The van der Waals surface area contributed by atoms with Crippen molar-refractivity contribution < 1.29 is 13.2 Å². The van der Waals surface area contributed by atoms with E-state index >= 15 is 4.39 Å². The third-order valence-corrected chi connectivity index (χ3v) is 6.82. The number of nitrogens with zero attached hydrogens (tertiary/aromatic N) is 7. The predicted molar refractivity (Wildman–Crippen MR) is 138 cm³/mol. The van der Waals surface area contributed by atoms with Gasteiger partial charge in [0.1, 0.15) is 22.7 Å². The van der Waals surface area contributed by atoms with Crippen molar-refractivity contribution in [3.63, 3.8) is 0 Å². The van der Waals surface area contributed by atoms with Crippen LogP contribution in [-0.4, -0.2) is 64.0 Å². The Morgan fingerprint density at radius 3 is 2.74 bits per heavy atom. The molecular formula is C27H20F3N9. The van der Waals surface area contributed by atoms with Gasteiger partial charge in [-0.15, -0.1) is 0 Å². The second kappa shape index (κ2) is 8.95. The first-order valence-corrected chi connectivity index (χ1v) is 12.3. The monoisotopic (exact) mass is 527 g/mol. The van der Waals surface area contributed by atoms with Crippen molar-refractivity contribution in [2.45, 2.75) is 18.9 Å². The summed E-state index contributed by atoms with van der Waals surface area (Å²) in [6, 6.07) is 9.05. The Morgan fingerprint density at radius 1 is 1.00 bits per heavy atom. The predicted octanol–water partition coefficient (Wildman–Crippen LogP) is 5.00. The van der Waals surface area contributed by atoms with Crippen LogP contribution in [0.5, 0.6) is 0 Å². The quantitative estimate of drug-likeness (QED) is 0.325. The Morgan fingerprint density at radius 2 is 1.92 bits per heavy atom. The first kappa shape index (κ1) is 23.4. The Bertz CT molecular complexity index is 1830. The van der Waals surface area contributed by atoms with Gasteiger partial charge in [-0.3, -0.25) is 25.0 Å². The standard InChI is InChI=1S/C27H20F3N9/c28-21-17(16-9-15(10-31-11-16)13-39-8-5-27(29,30)14-39)12-34-25-20(21)24(37-38-25)26-35-19-4-7-33-22(23(19)36-26)18-3-1-2-6-32-18/h1-4,6-7,9-12H,5,8,13-14H2,(H,35,36)(H,34,37,38). The first-order valence-electron chi connectivity index (χ1n) is 12.3.